The molecule has 1 aliphatic heterocycles. The van der Waals surface area contributed by atoms with Gasteiger partial charge < -0.3 is 19.5 Å². The Morgan fingerprint density at radius 2 is 1.84 bits per heavy atom. The third kappa shape index (κ3) is 5.13. The number of ether oxygens (including phenoxy) is 1. The summed E-state index contributed by atoms with van der Waals surface area (Å²) < 4.78 is 5.52. The highest BCUT2D eigenvalue weighted by Gasteiger charge is 2.26. The molecule has 0 atom stereocenters. The van der Waals surface area contributed by atoms with E-state index in [2.05, 4.69) is 35.0 Å². The molecule has 0 bridgehead atoms. The Morgan fingerprint density at radius 1 is 1.10 bits per heavy atom. The summed E-state index contributed by atoms with van der Waals surface area (Å²) >= 11 is 7.93. The van der Waals surface area contributed by atoms with Gasteiger partial charge in [-0.2, -0.15) is 0 Å². The monoisotopic (exact) mass is 457 g/mol. The van der Waals surface area contributed by atoms with Crippen molar-refractivity contribution in [2.24, 2.45) is 0 Å². The Balaban J connectivity index is 1.47. The molecule has 1 N–H and O–H groups in total. The van der Waals surface area contributed by atoms with Gasteiger partial charge in [0.05, 0.1) is 0 Å². The number of hydrogen-bond acceptors (Lipinski definition) is 4. The number of carbonyl (C=O) groups excluding carboxylic acids is 1. The van der Waals surface area contributed by atoms with Gasteiger partial charge >= 0.3 is 6.09 Å². The van der Waals surface area contributed by atoms with Crippen molar-refractivity contribution in [2.75, 3.05) is 31.1 Å². The molecule has 0 radical (unpaired) electrons. The molecule has 1 fully saturated rings. The summed E-state index contributed by atoms with van der Waals surface area (Å²) in [5, 5.41) is 1.87. The van der Waals surface area contributed by atoms with E-state index < -0.39 is 5.60 Å². The van der Waals surface area contributed by atoms with E-state index in [1.54, 1.807) is 16.7 Å². The van der Waals surface area contributed by atoms with E-state index in [1.165, 1.54) is 16.1 Å². The van der Waals surface area contributed by atoms with E-state index in [0.29, 0.717) is 13.1 Å². The number of aromatic nitrogens is 1. The molecular formula is C24H28ClN3O2S. The maximum atomic E-state index is 12.4. The van der Waals surface area contributed by atoms with E-state index in [4.69, 9.17) is 16.3 Å². The summed E-state index contributed by atoms with van der Waals surface area (Å²) in [5.74, 6) is 0. The Labute approximate surface area is 192 Å². The summed E-state index contributed by atoms with van der Waals surface area (Å²) in [5.41, 5.74) is 3.06. The molecule has 4 rings (SSSR count). The lowest BCUT2D eigenvalue weighted by Crippen LogP contribution is -2.50. The zero-order valence-electron chi connectivity index (χ0n) is 18.4. The van der Waals surface area contributed by atoms with Gasteiger partial charge in [0.15, 0.2) is 0 Å². The Morgan fingerprint density at radius 3 is 2.55 bits per heavy atom. The predicted octanol–water partition coefficient (Wildman–Crippen LogP) is 6.34. The minimum atomic E-state index is -0.469. The number of fused-ring (bicyclic) bond motifs is 1. The van der Waals surface area contributed by atoms with E-state index in [9.17, 15) is 4.79 Å². The molecule has 164 valence electrons. The quantitative estimate of drug-likeness (QED) is 0.498. The van der Waals surface area contributed by atoms with Crippen LogP contribution in [0.15, 0.2) is 52.4 Å². The fourth-order valence-electron chi connectivity index (χ4n) is 3.73. The van der Waals surface area contributed by atoms with Crippen molar-refractivity contribution in [2.45, 2.75) is 43.1 Å². The Hall–Kier alpha value is -2.31. The topological polar surface area (TPSA) is 48.6 Å². The van der Waals surface area contributed by atoms with Crippen LogP contribution in [0.5, 0.6) is 0 Å². The summed E-state index contributed by atoms with van der Waals surface area (Å²) in [7, 11) is 0. The number of aromatic amines is 1. The predicted molar refractivity (Wildman–Crippen MR) is 129 cm³/mol. The van der Waals surface area contributed by atoms with Crippen LogP contribution >= 0.6 is 23.4 Å². The van der Waals surface area contributed by atoms with Gasteiger partial charge in [-0.15, -0.1) is 0 Å². The van der Waals surface area contributed by atoms with Crippen LogP contribution in [-0.2, 0) is 4.74 Å². The number of piperazine rings is 1. The lowest BCUT2D eigenvalue weighted by Gasteiger charge is -2.37. The number of nitrogens with zero attached hydrogens (tertiary/aromatic N) is 2. The number of hydrogen-bond donors (Lipinski definition) is 1. The second kappa shape index (κ2) is 8.67. The lowest BCUT2D eigenvalue weighted by atomic mass is 10.1. The van der Waals surface area contributed by atoms with Crippen molar-refractivity contribution in [3.05, 3.63) is 53.2 Å². The molecule has 2 heterocycles. The van der Waals surface area contributed by atoms with Gasteiger partial charge in [-0.05, 0) is 63.6 Å². The molecule has 2 aromatic carbocycles. The van der Waals surface area contributed by atoms with Crippen molar-refractivity contribution >= 4 is 46.0 Å². The highest BCUT2D eigenvalue weighted by Crippen LogP contribution is 2.37. The van der Waals surface area contributed by atoms with Crippen molar-refractivity contribution in [1.82, 2.24) is 9.88 Å². The molecule has 0 aliphatic carbocycles. The minimum Gasteiger partial charge on any atom is -0.444 e. The van der Waals surface area contributed by atoms with Gasteiger partial charge in [-0.3, -0.25) is 0 Å². The molecule has 5 nitrogen and oxygen atoms in total. The zero-order valence-corrected chi connectivity index (χ0v) is 19.9. The van der Waals surface area contributed by atoms with Gasteiger partial charge in [-0.1, -0.05) is 29.4 Å². The smallest absolute Gasteiger partial charge is 0.410 e. The zero-order chi connectivity index (χ0) is 22.2. The molecule has 0 spiro atoms. The van der Waals surface area contributed by atoms with Crippen LogP contribution in [0.2, 0.25) is 5.02 Å². The number of H-pyrrole nitrogens is 1. The maximum Gasteiger partial charge on any atom is 0.410 e. The van der Waals surface area contributed by atoms with Crippen LogP contribution in [0.3, 0.4) is 0 Å². The van der Waals surface area contributed by atoms with Gasteiger partial charge in [0, 0.05) is 63.8 Å². The molecule has 3 aromatic rings. The summed E-state index contributed by atoms with van der Waals surface area (Å²) in [4.78, 5) is 22.2. The molecule has 1 aromatic heterocycles. The second-order valence-corrected chi connectivity index (χ2v) is 10.4. The lowest BCUT2D eigenvalue weighted by molar-refractivity contribution is 0.0240. The second-order valence-electron chi connectivity index (χ2n) is 8.85. The number of carbonyl (C=O) groups is 1. The van der Waals surface area contributed by atoms with Crippen molar-refractivity contribution in [1.29, 1.82) is 0 Å². The number of anilines is 1. The number of rotatable bonds is 3. The molecule has 1 saturated heterocycles. The number of benzene rings is 2. The number of nitrogens with one attached hydrogen (secondary N) is 1. The molecule has 1 aliphatic rings. The van der Waals surface area contributed by atoms with Crippen molar-refractivity contribution in [3.63, 3.8) is 0 Å². The minimum absolute atomic E-state index is 0.230. The van der Waals surface area contributed by atoms with Crippen molar-refractivity contribution in [3.8, 4) is 0 Å². The average molecular weight is 458 g/mol. The normalized spacial score (nSPS) is 14.9. The average Bonchev–Trinajstić information content (AvgIpc) is 3.10. The number of amides is 1. The molecule has 31 heavy (non-hydrogen) atoms. The highest BCUT2D eigenvalue weighted by molar-refractivity contribution is 7.99. The number of halogens is 1. The van der Waals surface area contributed by atoms with E-state index in [-0.39, 0.29) is 6.09 Å². The van der Waals surface area contributed by atoms with Crippen LogP contribution in [0.4, 0.5) is 10.5 Å². The molecule has 7 heteroatoms. The molecular weight excluding hydrogens is 430 g/mol. The number of aryl methyl sites for hydroxylation is 1. The Kier molecular flexibility index (Phi) is 6.13. The molecule has 0 saturated carbocycles. The van der Waals surface area contributed by atoms with Crippen LogP contribution in [0.1, 0.15) is 26.3 Å². The third-order valence-corrected chi connectivity index (χ3v) is 6.57. The van der Waals surface area contributed by atoms with E-state index in [1.807, 2.05) is 45.2 Å². The summed E-state index contributed by atoms with van der Waals surface area (Å²) in [6.07, 6.45) is 1.80. The fraction of sp³-hybridized carbons (Fsp3) is 0.375. The maximum absolute atomic E-state index is 12.4. The van der Waals surface area contributed by atoms with Crippen molar-refractivity contribution < 1.29 is 9.53 Å². The summed E-state index contributed by atoms with van der Waals surface area (Å²) in [6.45, 7) is 10.7. The first-order chi connectivity index (χ1) is 14.7. The van der Waals surface area contributed by atoms with Gasteiger partial charge in [0.1, 0.15) is 5.60 Å². The third-order valence-electron chi connectivity index (χ3n) is 5.29. The standard InChI is InChI=1S/C24H28ClN3O2S/c1-16-5-7-18(31-22-15-26-20-8-6-17(25)13-19(20)22)14-21(16)27-9-11-28(12-10-27)23(29)30-24(2,3)4/h5-8,13-15,26H,9-12H2,1-4H3. The first-order valence-electron chi connectivity index (χ1n) is 10.5. The van der Waals surface area contributed by atoms with E-state index >= 15 is 0 Å². The van der Waals surface area contributed by atoms with E-state index in [0.717, 1.165) is 33.9 Å². The van der Waals surface area contributed by atoms with Gasteiger partial charge in [0.25, 0.3) is 0 Å². The van der Waals surface area contributed by atoms with Gasteiger partial charge in [0.2, 0.25) is 0 Å². The van der Waals surface area contributed by atoms with Crippen LogP contribution < -0.4 is 4.90 Å². The highest BCUT2D eigenvalue weighted by atomic mass is 35.5. The van der Waals surface area contributed by atoms with Crippen LogP contribution in [-0.4, -0.2) is 47.8 Å². The molecule has 0 unspecified atom stereocenters. The largest absolute Gasteiger partial charge is 0.444 e. The molecule has 1 amide bonds. The first-order valence-corrected chi connectivity index (χ1v) is 11.7. The fourth-order valence-corrected chi connectivity index (χ4v) is 4.86. The first kappa shape index (κ1) is 21.9. The SMILES string of the molecule is Cc1ccc(Sc2c[nH]c3ccc(Cl)cc23)cc1N1CCN(C(=O)OC(C)(C)C)CC1. The van der Waals surface area contributed by atoms with Crippen LogP contribution in [0, 0.1) is 6.92 Å². The Bertz CT molecular complexity index is 1100. The summed E-state index contributed by atoms with van der Waals surface area (Å²) in [6, 6.07) is 12.5. The van der Waals surface area contributed by atoms with Crippen LogP contribution in [0.25, 0.3) is 10.9 Å². The van der Waals surface area contributed by atoms with Gasteiger partial charge in [-0.25, -0.2) is 4.79 Å².